The maximum atomic E-state index is 12.5. The van der Waals surface area contributed by atoms with E-state index in [4.69, 9.17) is 0 Å². The second kappa shape index (κ2) is 20.4. The van der Waals surface area contributed by atoms with Gasteiger partial charge >= 0.3 is 0 Å². The minimum atomic E-state index is -4.76. The van der Waals surface area contributed by atoms with Crippen LogP contribution in [-0.4, -0.2) is 25.9 Å². The van der Waals surface area contributed by atoms with Gasteiger partial charge in [0.15, 0.2) is 0 Å². The highest BCUT2D eigenvalue weighted by Crippen LogP contribution is 2.35. The molecule has 0 aliphatic carbocycles. The van der Waals surface area contributed by atoms with Crippen molar-refractivity contribution in [2.24, 2.45) is 5.92 Å². The van der Waals surface area contributed by atoms with E-state index >= 15 is 0 Å². The Morgan fingerprint density at radius 2 is 1.09 bits per heavy atom. The molecule has 2 aromatic carbocycles. The Kier molecular flexibility index (Phi) is 17.8. The zero-order valence-electron chi connectivity index (χ0n) is 27.5. The second-order valence-corrected chi connectivity index (χ2v) is 15.4. The zero-order chi connectivity index (χ0) is 32.4. The molecule has 6 nitrogen and oxygen atoms in total. The zero-order valence-corrected chi connectivity index (χ0v) is 29.2. The monoisotopic (exact) mass is 650 g/mol. The maximum absolute atomic E-state index is 12.5. The van der Waals surface area contributed by atoms with Gasteiger partial charge < -0.3 is 0 Å². The number of aryl methyl sites for hydroxylation is 2. The molecule has 0 saturated carbocycles. The third kappa shape index (κ3) is 14.1. The van der Waals surface area contributed by atoms with Crippen molar-refractivity contribution >= 4 is 20.2 Å². The predicted octanol–water partition coefficient (Wildman–Crippen LogP) is 10.6. The van der Waals surface area contributed by atoms with E-state index in [2.05, 4.69) is 20.8 Å². The SMILES string of the molecule is CCCCCCCCCC(CCCC)CCCc1ccc(-c2c(CCCCCCC)cc(S(=O)(=O)O)cc2S(=O)(=O)O)cc1. The summed E-state index contributed by atoms with van der Waals surface area (Å²) in [5.41, 5.74) is 2.56. The lowest BCUT2D eigenvalue weighted by Crippen LogP contribution is -2.08. The first-order chi connectivity index (χ1) is 21.0. The minimum absolute atomic E-state index is 0.302. The fraction of sp³-hybridized carbons (Fsp3) is 0.667. The Balaban J connectivity index is 2.16. The molecular weight excluding hydrogens is 593 g/mol. The molecule has 0 aromatic heterocycles. The van der Waals surface area contributed by atoms with Gasteiger partial charge in [0.05, 0.1) is 4.90 Å². The highest BCUT2D eigenvalue weighted by molar-refractivity contribution is 7.86. The molecule has 0 heterocycles. The average molecular weight is 651 g/mol. The fourth-order valence-corrected chi connectivity index (χ4v) is 7.61. The third-order valence-electron chi connectivity index (χ3n) is 8.79. The molecule has 2 rings (SSSR count). The van der Waals surface area contributed by atoms with E-state index in [-0.39, 0.29) is 0 Å². The Morgan fingerprint density at radius 3 is 1.66 bits per heavy atom. The van der Waals surface area contributed by atoms with Crippen LogP contribution in [0.4, 0.5) is 0 Å². The van der Waals surface area contributed by atoms with Crippen LogP contribution in [0.3, 0.4) is 0 Å². The van der Waals surface area contributed by atoms with Crippen molar-refractivity contribution in [1.29, 1.82) is 0 Å². The molecule has 0 aliphatic rings. The van der Waals surface area contributed by atoms with E-state index in [1.807, 2.05) is 24.3 Å². The van der Waals surface area contributed by atoms with Crippen LogP contribution in [0.25, 0.3) is 11.1 Å². The van der Waals surface area contributed by atoms with Crippen LogP contribution in [0.15, 0.2) is 46.2 Å². The van der Waals surface area contributed by atoms with Gasteiger partial charge in [-0.15, -0.1) is 0 Å². The summed E-state index contributed by atoms with van der Waals surface area (Å²) in [6.45, 7) is 6.64. The van der Waals surface area contributed by atoms with Crippen LogP contribution in [-0.2, 0) is 33.1 Å². The molecular formula is C36H58O6S2. The van der Waals surface area contributed by atoms with E-state index in [0.29, 0.717) is 23.1 Å². The molecule has 0 spiro atoms. The summed E-state index contributed by atoms with van der Waals surface area (Å²) in [5, 5.41) is 0. The first kappa shape index (κ1) is 38.4. The largest absolute Gasteiger partial charge is 0.295 e. The van der Waals surface area contributed by atoms with Crippen molar-refractivity contribution in [2.45, 2.75) is 159 Å². The van der Waals surface area contributed by atoms with Crippen molar-refractivity contribution in [3.63, 3.8) is 0 Å². The lowest BCUT2D eigenvalue weighted by atomic mass is 9.89. The van der Waals surface area contributed by atoms with E-state index < -0.39 is 30.0 Å². The minimum Gasteiger partial charge on any atom is -0.282 e. The van der Waals surface area contributed by atoms with Gasteiger partial charge in [0, 0.05) is 5.56 Å². The van der Waals surface area contributed by atoms with Gasteiger partial charge in [-0.25, -0.2) is 0 Å². The Labute approximate surface area is 269 Å². The second-order valence-electron chi connectivity index (χ2n) is 12.6. The van der Waals surface area contributed by atoms with Gasteiger partial charge in [-0.05, 0) is 60.4 Å². The summed E-state index contributed by atoms with van der Waals surface area (Å²) in [7, 11) is -9.42. The molecule has 250 valence electrons. The summed E-state index contributed by atoms with van der Waals surface area (Å²) in [6, 6.07) is 9.93. The molecule has 0 saturated heterocycles. The number of rotatable bonds is 24. The fourth-order valence-electron chi connectivity index (χ4n) is 6.19. The molecule has 1 atom stereocenters. The molecule has 1 unspecified atom stereocenters. The Morgan fingerprint density at radius 1 is 0.568 bits per heavy atom. The van der Waals surface area contributed by atoms with Gasteiger partial charge in [-0.1, -0.05) is 148 Å². The van der Waals surface area contributed by atoms with Gasteiger partial charge in [0.1, 0.15) is 4.90 Å². The van der Waals surface area contributed by atoms with Crippen molar-refractivity contribution in [1.82, 2.24) is 0 Å². The molecule has 2 aromatic rings. The van der Waals surface area contributed by atoms with Crippen LogP contribution in [0.5, 0.6) is 0 Å². The predicted molar refractivity (Wildman–Crippen MR) is 183 cm³/mol. The normalized spacial score (nSPS) is 12.9. The van der Waals surface area contributed by atoms with Crippen molar-refractivity contribution in [3.05, 3.63) is 47.5 Å². The maximum Gasteiger partial charge on any atom is 0.295 e. The molecule has 0 bridgehead atoms. The van der Waals surface area contributed by atoms with Crippen LogP contribution in [0, 0.1) is 5.92 Å². The van der Waals surface area contributed by atoms with Crippen molar-refractivity contribution in [2.75, 3.05) is 0 Å². The third-order valence-corrected chi connectivity index (χ3v) is 10.5. The van der Waals surface area contributed by atoms with Crippen LogP contribution in [0.1, 0.15) is 147 Å². The Bertz CT molecular complexity index is 1300. The van der Waals surface area contributed by atoms with Crippen molar-refractivity contribution < 1.29 is 25.9 Å². The van der Waals surface area contributed by atoms with Gasteiger partial charge in [0.25, 0.3) is 20.2 Å². The highest BCUT2D eigenvalue weighted by atomic mass is 32.2. The van der Waals surface area contributed by atoms with Crippen LogP contribution in [0.2, 0.25) is 0 Å². The number of hydrogen-bond donors (Lipinski definition) is 2. The summed E-state index contributed by atoms with van der Waals surface area (Å²) in [6.07, 6.45) is 23.0. The number of unbranched alkanes of at least 4 members (excludes halogenated alkanes) is 11. The average Bonchev–Trinajstić information content (AvgIpc) is 2.98. The molecule has 0 fully saturated rings. The van der Waals surface area contributed by atoms with Gasteiger partial charge in [0.2, 0.25) is 0 Å². The summed E-state index contributed by atoms with van der Waals surface area (Å²) in [5.74, 6) is 0.767. The molecule has 44 heavy (non-hydrogen) atoms. The topological polar surface area (TPSA) is 109 Å². The standard InChI is InChI=1S/C36H58O6S2/c1-4-7-10-12-13-15-16-20-30(19-9-6-3)21-18-22-31-24-26-32(27-25-31)36-33(23-17-14-11-8-5-2)28-34(43(37,38)39)29-35(36)44(40,41)42/h24-30H,4-23H2,1-3H3,(H,37,38,39)(H,40,41,42). The van der Waals surface area contributed by atoms with Crippen molar-refractivity contribution in [3.8, 4) is 11.1 Å². The lowest BCUT2D eigenvalue weighted by Gasteiger charge is -2.17. The number of hydrogen-bond acceptors (Lipinski definition) is 4. The molecule has 0 amide bonds. The quantitative estimate of drug-likeness (QED) is 0.0864. The molecule has 0 radical (unpaired) electrons. The molecule has 0 aliphatic heterocycles. The van der Waals surface area contributed by atoms with Crippen LogP contribution < -0.4 is 0 Å². The van der Waals surface area contributed by atoms with E-state index in [1.165, 1.54) is 88.7 Å². The van der Waals surface area contributed by atoms with E-state index in [9.17, 15) is 25.9 Å². The van der Waals surface area contributed by atoms with Crippen LogP contribution >= 0.6 is 0 Å². The summed E-state index contributed by atoms with van der Waals surface area (Å²) in [4.78, 5) is -1.02. The first-order valence-corrected chi connectivity index (χ1v) is 20.1. The Hall–Kier alpha value is -1.74. The first-order valence-electron chi connectivity index (χ1n) is 17.2. The van der Waals surface area contributed by atoms with E-state index in [0.717, 1.165) is 56.9 Å². The van der Waals surface area contributed by atoms with E-state index in [1.54, 1.807) is 0 Å². The number of benzene rings is 2. The lowest BCUT2D eigenvalue weighted by molar-refractivity contribution is 0.377. The van der Waals surface area contributed by atoms with Gasteiger partial charge in [-0.3, -0.25) is 9.11 Å². The smallest absolute Gasteiger partial charge is 0.282 e. The highest BCUT2D eigenvalue weighted by Gasteiger charge is 2.25. The molecule has 2 N–H and O–H groups in total. The molecule has 8 heteroatoms. The summed E-state index contributed by atoms with van der Waals surface area (Å²) < 4.78 is 68.7. The van der Waals surface area contributed by atoms with Gasteiger partial charge in [-0.2, -0.15) is 16.8 Å². The summed E-state index contributed by atoms with van der Waals surface area (Å²) >= 11 is 0.